The molecule has 2 aromatic rings. The number of hydrogen-bond donors (Lipinski definition) is 2. The topological polar surface area (TPSA) is 111 Å². The Bertz CT molecular complexity index is 759. The van der Waals surface area contributed by atoms with E-state index in [4.69, 9.17) is 4.74 Å². The summed E-state index contributed by atoms with van der Waals surface area (Å²) in [5, 5.41) is 15.7. The van der Waals surface area contributed by atoms with Gasteiger partial charge in [-0.2, -0.15) is 0 Å². The zero-order valence-corrected chi connectivity index (χ0v) is 12.8. The Morgan fingerprint density at radius 2 is 1.88 bits per heavy atom. The van der Waals surface area contributed by atoms with Crippen LogP contribution in [-0.4, -0.2) is 30.4 Å². The number of ether oxygens (including phenoxy) is 1. The molecule has 24 heavy (non-hydrogen) atoms. The Labute approximate surface area is 137 Å². The van der Waals surface area contributed by atoms with Crippen molar-refractivity contribution < 1.29 is 19.2 Å². The largest absolute Gasteiger partial charge is 0.497 e. The Balaban J connectivity index is 1.89. The maximum absolute atomic E-state index is 11.9. The van der Waals surface area contributed by atoms with Gasteiger partial charge in [-0.1, -0.05) is 6.07 Å². The number of amides is 2. The van der Waals surface area contributed by atoms with Gasteiger partial charge in [0, 0.05) is 23.4 Å². The summed E-state index contributed by atoms with van der Waals surface area (Å²) in [5.41, 5.74) is 0.483. The number of carbonyl (C=O) groups excluding carboxylic acids is 2. The van der Waals surface area contributed by atoms with Crippen LogP contribution in [0.15, 0.2) is 48.5 Å². The monoisotopic (exact) mass is 329 g/mol. The lowest BCUT2D eigenvalue weighted by Crippen LogP contribution is -2.32. The second-order valence-corrected chi connectivity index (χ2v) is 4.77. The van der Waals surface area contributed by atoms with Gasteiger partial charge in [0.2, 0.25) is 5.91 Å². The van der Waals surface area contributed by atoms with Crippen LogP contribution < -0.4 is 15.4 Å². The van der Waals surface area contributed by atoms with Gasteiger partial charge in [0.1, 0.15) is 5.75 Å². The minimum atomic E-state index is -0.590. The molecular formula is C16H15N3O5. The standard InChI is InChI=1S/C16H15N3O5/c1-24-14-7-5-12(6-8-14)18-15(20)10-17-16(21)11-3-2-4-13(9-11)19(22)23/h2-9H,10H2,1H3,(H,17,21)(H,18,20). The molecule has 0 unspecified atom stereocenters. The molecule has 2 aromatic carbocycles. The molecule has 2 rings (SSSR count). The third-order valence-electron chi connectivity index (χ3n) is 3.10. The number of nitro benzene ring substituents is 1. The SMILES string of the molecule is COc1ccc(NC(=O)CNC(=O)c2cccc([N+](=O)[O-])c2)cc1. The van der Waals surface area contributed by atoms with Gasteiger partial charge in [-0.05, 0) is 30.3 Å². The van der Waals surface area contributed by atoms with Crippen molar-refractivity contribution in [2.45, 2.75) is 0 Å². The number of non-ortho nitro benzene ring substituents is 1. The Hall–Kier alpha value is -3.42. The highest BCUT2D eigenvalue weighted by Gasteiger charge is 2.12. The smallest absolute Gasteiger partial charge is 0.270 e. The molecular weight excluding hydrogens is 314 g/mol. The van der Waals surface area contributed by atoms with Crippen LogP contribution in [0.25, 0.3) is 0 Å². The van der Waals surface area contributed by atoms with E-state index in [0.717, 1.165) is 6.07 Å². The fourth-order valence-corrected chi connectivity index (χ4v) is 1.90. The molecule has 8 heteroatoms. The van der Waals surface area contributed by atoms with E-state index in [0.29, 0.717) is 11.4 Å². The van der Waals surface area contributed by atoms with Crippen LogP contribution in [-0.2, 0) is 4.79 Å². The van der Waals surface area contributed by atoms with E-state index in [9.17, 15) is 19.7 Å². The molecule has 0 saturated heterocycles. The van der Waals surface area contributed by atoms with E-state index in [-0.39, 0.29) is 17.8 Å². The van der Waals surface area contributed by atoms with E-state index in [1.54, 1.807) is 24.3 Å². The van der Waals surface area contributed by atoms with Crippen molar-refractivity contribution in [3.05, 3.63) is 64.2 Å². The summed E-state index contributed by atoms with van der Waals surface area (Å²) in [5.74, 6) is -0.325. The lowest BCUT2D eigenvalue weighted by molar-refractivity contribution is -0.384. The molecule has 0 aliphatic rings. The number of nitrogens with zero attached hydrogens (tertiary/aromatic N) is 1. The van der Waals surface area contributed by atoms with Gasteiger partial charge in [-0.15, -0.1) is 0 Å². The van der Waals surface area contributed by atoms with Crippen LogP contribution in [0.1, 0.15) is 10.4 Å². The quantitative estimate of drug-likeness (QED) is 0.622. The third-order valence-corrected chi connectivity index (χ3v) is 3.10. The maximum atomic E-state index is 11.9. The summed E-state index contributed by atoms with van der Waals surface area (Å²) >= 11 is 0. The molecule has 0 spiro atoms. The first-order valence-corrected chi connectivity index (χ1v) is 6.96. The zero-order valence-electron chi connectivity index (χ0n) is 12.8. The average Bonchev–Trinajstić information content (AvgIpc) is 2.60. The number of benzene rings is 2. The average molecular weight is 329 g/mol. The van der Waals surface area contributed by atoms with Crippen LogP contribution in [0.3, 0.4) is 0 Å². The van der Waals surface area contributed by atoms with E-state index >= 15 is 0 Å². The molecule has 0 saturated carbocycles. The number of carbonyl (C=O) groups is 2. The lowest BCUT2D eigenvalue weighted by atomic mass is 10.2. The van der Waals surface area contributed by atoms with Crippen molar-refractivity contribution in [1.82, 2.24) is 5.32 Å². The molecule has 2 N–H and O–H groups in total. The number of nitrogens with one attached hydrogen (secondary N) is 2. The normalized spacial score (nSPS) is 9.88. The Kier molecular flexibility index (Phi) is 5.45. The van der Waals surface area contributed by atoms with Crippen molar-refractivity contribution in [2.75, 3.05) is 19.0 Å². The van der Waals surface area contributed by atoms with Crippen molar-refractivity contribution in [1.29, 1.82) is 0 Å². The molecule has 0 aliphatic carbocycles. The first-order chi connectivity index (χ1) is 11.5. The fourth-order valence-electron chi connectivity index (χ4n) is 1.90. The van der Waals surface area contributed by atoms with Crippen LogP contribution in [0.5, 0.6) is 5.75 Å². The van der Waals surface area contributed by atoms with E-state index in [1.807, 2.05) is 0 Å². The molecule has 0 radical (unpaired) electrons. The highest BCUT2D eigenvalue weighted by molar-refractivity contribution is 5.99. The minimum absolute atomic E-state index is 0.112. The fraction of sp³-hybridized carbons (Fsp3) is 0.125. The highest BCUT2D eigenvalue weighted by Crippen LogP contribution is 2.15. The summed E-state index contributed by atoms with van der Waals surface area (Å²) < 4.78 is 5.01. The van der Waals surface area contributed by atoms with Crippen molar-refractivity contribution in [2.24, 2.45) is 0 Å². The number of anilines is 1. The first kappa shape index (κ1) is 16.9. The van der Waals surface area contributed by atoms with Crippen LogP contribution >= 0.6 is 0 Å². The van der Waals surface area contributed by atoms with Crippen molar-refractivity contribution >= 4 is 23.2 Å². The summed E-state index contributed by atoms with van der Waals surface area (Å²) in [4.78, 5) is 33.8. The summed E-state index contributed by atoms with van der Waals surface area (Å²) in [6, 6.07) is 12.0. The lowest BCUT2D eigenvalue weighted by Gasteiger charge is -2.07. The van der Waals surface area contributed by atoms with Crippen LogP contribution in [0, 0.1) is 10.1 Å². The van der Waals surface area contributed by atoms with Crippen LogP contribution in [0.4, 0.5) is 11.4 Å². The predicted molar refractivity (Wildman–Crippen MR) is 87.1 cm³/mol. The molecule has 124 valence electrons. The Morgan fingerprint density at radius 1 is 1.17 bits per heavy atom. The summed E-state index contributed by atoms with van der Waals surface area (Å²) in [6.07, 6.45) is 0. The third kappa shape index (κ3) is 4.54. The van der Waals surface area contributed by atoms with Gasteiger partial charge >= 0.3 is 0 Å². The number of methoxy groups -OCH3 is 1. The first-order valence-electron chi connectivity index (χ1n) is 6.96. The van der Waals surface area contributed by atoms with E-state index < -0.39 is 16.7 Å². The summed E-state index contributed by atoms with van der Waals surface area (Å²) in [6.45, 7) is -0.256. The van der Waals surface area contributed by atoms with Gasteiger partial charge in [0.15, 0.2) is 0 Å². The van der Waals surface area contributed by atoms with Crippen LogP contribution in [0.2, 0.25) is 0 Å². The van der Waals surface area contributed by atoms with E-state index in [2.05, 4.69) is 10.6 Å². The minimum Gasteiger partial charge on any atom is -0.497 e. The molecule has 0 fully saturated rings. The van der Waals surface area contributed by atoms with Gasteiger partial charge in [-0.25, -0.2) is 0 Å². The van der Waals surface area contributed by atoms with E-state index in [1.165, 1.54) is 25.3 Å². The molecule has 0 bridgehead atoms. The van der Waals surface area contributed by atoms with Crippen molar-refractivity contribution in [3.63, 3.8) is 0 Å². The predicted octanol–water partition coefficient (Wildman–Crippen LogP) is 1.97. The highest BCUT2D eigenvalue weighted by atomic mass is 16.6. The number of rotatable bonds is 6. The molecule has 8 nitrogen and oxygen atoms in total. The molecule has 0 heterocycles. The summed E-state index contributed by atoms with van der Waals surface area (Å²) in [7, 11) is 1.54. The second kappa shape index (κ2) is 7.73. The molecule has 0 aliphatic heterocycles. The van der Waals surface area contributed by atoms with Gasteiger partial charge in [0.05, 0.1) is 18.6 Å². The second-order valence-electron chi connectivity index (χ2n) is 4.77. The zero-order chi connectivity index (χ0) is 17.5. The maximum Gasteiger partial charge on any atom is 0.270 e. The Morgan fingerprint density at radius 3 is 2.50 bits per heavy atom. The molecule has 0 atom stereocenters. The number of nitro groups is 1. The molecule has 0 aromatic heterocycles. The number of hydrogen-bond acceptors (Lipinski definition) is 5. The molecule has 2 amide bonds. The van der Waals surface area contributed by atoms with Gasteiger partial charge in [0.25, 0.3) is 11.6 Å². The van der Waals surface area contributed by atoms with Gasteiger partial charge in [-0.3, -0.25) is 19.7 Å². The van der Waals surface area contributed by atoms with Crippen molar-refractivity contribution in [3.8, 4) is 5.75 Å². The van der Waals surface area contributed by atoms with Gasteiger partial charge < -0.3 is 15.4 Å².